The molecule has 0 N–H and O–H groups in total. The fourth-order valence-corrected chi connectivity index (χ4v) is 3.85. The summed E-state index contributed by atoms with van der Waals surface area (Å²) >= 11 is 18.4. The molecule has 0 bridgehead atoms. The molecule has 0 saturated carbocycles. The first kappa shape index (κ1) is 20.6. The molecule has 2 heterocycles. The van der Waals surface area contributed by atoms with Gasteiger partial charge in [0.2, 0.25) is 5.79 Å². The molecule has 1 fully saturated rings. The molecule has 2 unspecified atom stereocenters. The van der Waals surface area contributed by atoms with E-state index in [2.05, 4.69) is 10.1 Å². The van der Waals surface area contributed by atoms with E-state index in [0.717, 1.165) is 5.56 Å². The van der Waals surface area contributed by atoms with Crippen LogP contribution in [0, 0.1) is 0 Å². The predicted molar refractivity (Wildman–Crippen MR) is 110 cm³/mol. The minimum absolute atomic E-state index is 0.266. The van der Waals surface area contributed by atoms with E-state index in [1.54, 1.807) is 29.2 Å². The third-order valence-corrected chi connectivity index (χ3v) is 5.32. The van der Waals surface area contributed by atoms with Crippen LogP contribution in [0.2, 0.25) is 15.1 Å². The lowest BCUT2D eigenvalue weighted by atomic mass is 10.1. The second-order valence-electron chi connectivity index (χ2n) is 6.66. The van der Waals surface area contributed by atoms with Gasteiger partial charge in [0, 0.05) is 15.6 Å². The summed E-state index contributed by atoms with van der Waals surface area (Å²) in [7, 11) is 0. The summed E-state index contributed by atoms with van der Waals surface area (Å²) in [5.74, 6) is -1.11. The molecule has 4 rings (SSSR count). The molecule has 2 atom stereocenters. The van der Waals surface area contributed by atoms with Gasteiger partial charge in [0.25, 0.3) is 0 Å². The zero-order valence-electron chi connectivity index (χ0n) is 15.3. The van der Waals surface area contributed by atoms with E-state index in [1.165, 1.54) is 6.33 Å². The Morgan fingerprint density at radius 2 is 1.90 bits per heavy atom. The molecule has 9 heteroatoms. The van der Waals surface area contributed by atoms with Crippen molar-refractivity contribution in [3.05, 3.63) is 81.3 Å². The largest absolute Gasteiger partial charge is 0.374 e. The van der Waals surface area contributed by atoms with Crippen molar-refractivity contribution in [1.82, 2.24) is 14.8 Å². The molecule has 1 aliphatic rings. The topological polar surface area (TPSA) is 58.4 Å². The summed E-state index contributed by atoms with van der Waals surface area (Å²) in [6, 6.07) is 12.7. The fourth-order valence-electron chi connectivity index (χ4n) is 3.17. The first-order valence-electron chi connectivity index (χ1n) is 8.96. The van der Waals surface area contributed by atoms with E-state index in [4.69, 9.17) is 49.0 Å². The van der Waals surface area contributed by atoms with Gasteiger partial charge in [0.15, 0.2) is 0 Å². The van der Waals surface area contributed by atoms with Crippen molar-refractivity contribution in [2.45, 2.75) is 25.0 Å². The van der Waals surface area contributed by atoms with Crippen LogP contribution in [0.25, 0.3) is 0 Å². The van der Waals surface area contributed by atoms with Gasteiger partial charge in [-0.1, -0.05) is 53.0 Å². The first-order valence-corrected chi connectivity index (χ1v) is 10.1. The Morgan fingerprint density at radius 1 is 1.10 bits per heavy atom. The summed E-state index contributed by atoms with van der Waals surface area (Å²) in [5.41, 5.74) is 1.71. The van der Waals surface area contributed by atoms with Gasteiger partial charge >= 0.3 is 0 Å². The van der Waals surface area contributed by atoms with Crippen LogP contribution in [0.3, 0.4) is 0 Å². The third kappa shape index (κ3) is 4.91. The second-order valence-corrected chi connectivity index (χ2v) is 7.94. The Labute approximate surface area is 183 Å². The lowest BCUT2D eigenvalue weighted by Gasteiger charge is -2.29. The fraction of sp³-hybridized carbons (Fsp3) is 0.300. The van der Waals surface area contributed by atoms with Gasteiger partial charge in [-0.3, -0.25) is 0 Å². The number of hydrogen-bond donors (Lipinski definition) is 0. The normalized spacial score (nSPS) is 21.6. The number of rotatable bonds is 7. The zero-order chi connectivity index (χ0) is 20.3. The summed E-state index contributed by atoms with van der Waals surface area (Å²) in [4.78, 5) is 3.99. The van der Waals surface area contributed by atoms with Crippen LogP contribution >= 0.6 is 34.8 Å². The van der Waals surface area contributed by atoms with Crippen molar-refractivity contribution in [3.8, 4) is 0 Å². The number of aromatic nitrogens is 3. The van der Waals surface area contributed by atoms with Gasteiger partial charge in [0.05, 0.1) is 24.8 Å². The van der Waals surface area contributed by atoms with Crippen LogP contribution in [0.5, 0.6) is 0 Å². The monoisotopic (exact) mass is 453 g/mol. The second kappa shape index (κ2) is 9.00. The van der Waals surface area contributed by atoms with Crippen molar-refractivity contribution in [3.63, 3.8) is 0 Å². The summed E-state index contributed by atoms with van der Waals surface area (Å²) < 4.78 is 19.9. The Hall–Kier alpha value is -1.67. The highest BCUT2D eigenvalue weighted by Gasteiger charge is 2.45. The molecule has 2 aromatic carbocycles. The molecule has 0 radical (unpaired) electrons. The third-order valence-electron chi connectivity index (χ3n) is 4.52. The lowest BCUT2D eigenvalue weighted by molar-refractivity contribution is -0.193. The molecule has 1 aliphatic heterocycles. The van der Waals surface area contributed by atoms with Crippen LogP contribution in [-0.4, -0.2) is 34.1 Å². The van der Waals surface area contributed by atoms with Crippen molar-refractivity contribution in [2.24, 2.45) is 0 Å². The molecule has 152 valence electrons. The predicted octanol–water partition coefficient (Wildman–Crippen LogP) is 4.72. The molecule has 1 aromatic heterocycles. The number of halogens is 3. The van der Waals surface area contributed by atoms with Crippen LogP contribution in [0.15, 0.2) is 55.1 Å². The minimum atomic E-state index is -1.11. The van der Waals surface area contributed by atoms with Gasteiger partial charge in [-0.15, -0.1) is 0 Å². The van der Waals surface area contributed by atoms with Crippen LogP contribution in [-0.2, 0) is 33.1 Å². The Balaban J connectivity index is 1.47. The first-order chi connectivity index (χ1) is 14.0. The highest BCUT2D eigenvalue weighted by molar-refractivity contribution is 6.35. The quantitative estimate of drug-likeness (QED) is 0.517. The van der Waals surface area contributed by atoms with Crippen molar-refractivity contribution in [2.75, 3.05) is 13.2 Å². The van der Waals surface area contributed by atoms with Crippen LogP contribution < -0.4 is 0 Å². The molecule has 6 nitrogen and oxygen atoms in total. The van der Waals surface area contributed by atoms with E-state index in [-0.39, 0.29) is 6.10 Å². The summed E-state index contributed by atoms with van der Waals surface area (Å²) in [5, 5.41) is 5.86. The van der Waals surface area contributed by atoms with E-state index in [9.17, 15) is 0 Å². The molecule has 1 saturated heterocycles. The number of ether oxygens (including phenoxy) is 3. The van der Waals surface area contributed by atoms with Crippen molar-refractivity contribution < 1.29 is 14.2 Å². The van der Waals surface area contributed by atoms with Crippen LogP contribution in [0.1, 0.15) is 11.1 Å². The van der Waals surface area contributed by atoms with Gasteiger partial charge < -0.3 is 14.2 Å². The molecular formula is C20H18Cl3N3O3. The van der Waals surface area contributed by atoms with Crippen molar-refractivity contribution in [1.29, 1.82) is 0 Å². The van der Waals surface area contributed by atoms with Gasteiger partial charge in [0.1, 0.15) is 25.3 Å². The lowest BCUT2D eigenvalue weighted by Crippen LogP contribution is -2.34. The number of benzene rings is 2. The molecule has 0 amide bonds. The standard InChI is InChI=1S/C20H18Cl3N3O3/c21-15-3-1-14(2-4-15)8-27-9-17-10-28-20(29-17,11-26-13-24-12-25-26)18-6-5-16(22)7-19(18)23/h1-7,12-13,17H,8-11H2. The minimum Gasteiger partial charge on any atom is -0.374 e. The summed E-state index contributed by atoms with van der Waals surface area (Å²) in [6.07, 6.45) is 2.79. The number of nitrogens with zero attached hydrogens (tertiary/aromatic N) is 3. The Morgan fingerprint density at radius 3 is 2.62 bits per heavy atom. The van der Waals surface area contributed by atoms with Gasteiger partial charge in [-0.05, 0) is 29.8 Å². The SMILES string of the molecule is Clc1ccc(COCC2COC(Cn3cncn3)(c3ccc(Cl)cc3Cl)O2)cc1. The molecule has 29 heavy (non-hydrogen) atoms. The van der Waals surface area contributed by atoms with E-state index in [0.29, 0.717) is 47.0 Å². The zero-order valence-corrected chi connectivity index (χ0v) is 17.6. The summed E-state index contributed by atoms with van der Waals surface area (Å²) in [6.45, 7) is 1.47. The molecule has 0 spiro atoms. The smallest absolute Gasteiger partial charge is 0.217 e. The molecule has 0 aliphatic carbocycles. The number of hydrogen-bond acceptors (Lipinski definition) is 5. The van der Waals surface area contributed by atoms with E-state index < -0.39 is 5.79 Å². The Bertz CT molecular complexity index is 953. The van der Waals surface area contributed by atoms with Gasteiger partial charge in [-0.25, -0.2) is 9.67 Å². The van der Waals surface area contributed by atoms with E-state index >= 15 is 0 Å². The highest BCUT2D eigenvalue weighted by Crippen LogP contribution is 2.40. The van der Waals surface area contributed by atoms with Gasteiger partial charge in [-0.2, -0.15) is 5.10 Å². The maximum atomic E-state index is 6.45. The van der Waals surface area contributed by atoms with Crippen molar-refractivity contribution >= 4 is 34.8 Å². The van der Waals surface area contributed by atoms with Crippen LogP contribution in [0.4, 0.5) is 0 Å². The molecular weight excluding hydrogens is 437 g/mol. The van der Waals surface area contributed by atoms with E-state index in [1.807, 2.05) is 24.3 Å². The average molecular weight is 455 g/mol. The highest BCUT2D eigenvalue weighted by atomic mass is 35.5. The maximum absolute atomic E-state index is 6.45. The average Bonchev–Trinajstić information content (AvgIpc) is 3.34. The maximum Gasteiger partial charge on any atom is 0.217 e. The molecule has 3 aromatic rings. The Kier molecular flexibility index (Phi) is 6.39.